The van der Waals surface area contributed by atoms with Crippen LogP contribution in [0.1, 0.15) is 43.7 Å². The molecule has 0 spiro atoms. The SMILES string of the molecule is Cc1ccc(C(C)C)cc1OCC(=O)N1CCC(C(=O)N(C)C)CC1. The Labute approximate surface area is 150 Å². The highest BCUT2D eigenvalue weighted by atomic mass is 16.5. The third kappa shape index (κ3) is 4.97. The fraction of sp³-hybridized carbons (Fsp3) is 0.600. The van der Waals surface area contributed by atoms with Crippen molar-refractivity contribution in [2.45, 2.75) is 39.5 Å². The molecule has 0 saturated carbocycles. The molecule has 2 amide bonds. The number of piperidine rings is 1. The zero-order chi connectivity index (χ0) is 18.6. The number of benzene rings is 1. The third-order valence-corrected chi connectivity index (χ3v) is 4.87. The van der Waals surface area contributed by atoms with Gasteiger partial charge in [0.25, 0.3) is 5.91 Å². The lowest BCUT2D eigenvalue weighted by Crippen LogP contribution is -2.44. The molecule has 0 aliphatic carbocycles. The molecule has 1 aliphatic rings. The van der Waals surface area contributed by atoms with Crippen molar-refractivity contribution in [1.29, 1.82) is 0 Å². The molecule has 0 unspecified atom stereocenters. The Kier molecular flexibility index (Phi) is 6.45. The molecule has 0 atom stereocenters. The first-order valence-electron chi connectivity index (χ1n) is 9.02. The van der Waals surface area contributed by atoms with Crippen LogP contribution in [0.2, 0.25) is 0 Å². The molecule has 0 bridgehead atoms. The molecule has 1 heterocycles. The van der Waals surface area contributed by atoms with E-state index in [4.69, 9.17) is 4.74 Å². The van der Waals surface area contributed by atoms with Crippen molar-refractivity contribution in [3.63, 3.8) is 0 Å². The summed E-state index contributed by atoms with van der Waals surface area (Å²) >= 11 is 0. The van der Waals surface area contributed by atoms with E-state index in [1.54, 1.807) is 23.9 Å². The van der Waals surface area contributed by atoms with Crippen molar-refractivity contribution in [2.75, 3.05) is 33.8 Å². The summed E-state index contributed by atoms with van der Waals surface area (Å²) in [6, 6.07) is 6.16. The van der Waals surface area contributed by atoms with Gasteiger partial charge in [-0.25, -0.2) is 0 Å². The fourth-order valence-corrected chi connectivity index (χ4v) is 3.10. The highest BCUT2D eigenvalue weighted by Gasteiger charge is 2.28. The number of nitrogens with zero attached hydrogens (tertiary/aromatic N) is 2. The Bertz CT molecular complexity index is 617. The molecule has 138 valence electrons. The summed E-state index contributed by atoms with van der Waals surface area (Å²) < 4.78 is 5.79. The summed E-state index contributed by atoms with van der Waals surface area (Å²) in [5, 5.41) is 0. The summed E-state index contributed by atoms with van der Waals surface area (Å²) in [5.74, 6) is 1.38. The Balaban J connectivity index is 1.88. The van der Waals surface area contributed by atoms with Crippen molar-refractivity contribution in [1.82, 2.24) is 9.80 Å². The summed E-state index contributed by atoms with van der Waals surface area (Å²) in [6.07, 6.45) is 1.45. The second kappa shape index (κ2) is 8.37. The standard InChI is InChI=1S/C20H30N2O3/c1-14(2)17-7-6-15(3)18(12-17)25-13-19(23)22-10-8-16(9-11-22)20(24)21(4)5/h6-7,12,14,16H,8-11,13H2,1-5H3. The molecule has 25 heavy (non-hydrogen) atoms. The first-order chi connectivity index (χ1) is 11.8. The zero-order valence-electron chi connectivity index (χ0n) is 16.0. The number of carbonyl (C=O) groups excluding carboxylic acids is 2. The average molecular weight is 346 g/mol. The Morgan fingerprint density at radius 3 is 2.44 bits per heavy atom. The lowest BCUT2D eigenvalue weighted by atomic mass is 9.95. The Hall–Kier alpha value is -2.04. The van der Waals surface area contributed by atoms with Crippen molar-refractivity contribution < 1.29 is 14.3 Å². The topological polar surface area (TPSA) is 49.9 Å². The largest absolute Gasteiger partial charge is 0.483 e. The molecular weight excluding hydrogens is 316 g/mol. The number of carbonyl (C=O) groups is 2. The second-order valence-electron chi connectivity index (χ2n) is 7.36. The molecule has 2 rings (SSSR count). The lowest BCUT2D eigenvalue weighted by Gasteiger charge is -2.32. The van der Waals surface area contributed by atoms with E-state index >= 15 is 0 Å². The van der Waals surface area contributed by atoms with Gasteiger partial charge in [-0.3, -0.25) is 9.59 Å². The molecule has 1 aliphatic heterocycles. The zero-order valence-corrected chi connectivity index (χ0v) is 16.0. The molecule has 5 nitrogen and oxygen atoms in total. The maximum Gasteiger partial charge on any atom is 0.260 e. The predicted octanol–water partition coefficient (Wildman–Crippen LogP) is 2.82. The summed E-state index contributed by atoms with van der Waals surface area (Å²) in [7, 11) is 3.56. The number of ether oxygens (including phenoxy) is 1. The van der Waals surface area contributed by atoms with Gasteiger partial charge < -0.3 is 14.5 Å². The maximum atomic E-state index is 12.4. The van der Waals surface area contributed by atoms with E-state index < -0.39 is 0 Å². The Morgan fingerprint density at radius 1 is 1.24 bits per heavy atom. The first kappa shape index (κ1) is 19.3. The number of likely N-dealkylation sites (tertiary alicyclic amines) is 1. The minimum atomic E-state index is -0.00916. The van der Waals surface area contributed by atoms with E-state index in [0.717, 1.165) is 24.2 Å². The highest BCUT2D eigenvalue weighted by Crippen LogP contribution is 2.25. The molecule has 1 fully saturated rings. The van der Waals surface area contributed by atoms with Gasteiger partial charge in [-0.05, 0) is 42.9 Å². The normalized spacial score (nSPS) is 15.4. The monoisotopic (exact) mass is 346 g/mol. The van der Waals surface area contributed by atoms with Crippen LogP contribution in [0.5, 0.6) is 5.75 Å². The molecule has 0 aromatic heterocycles. The summed E-state index contributed by atoms with van der Waals surface area (Å²) in [6.45, 7) is 7.56. The number of amides is 2. The van der Waals surface area contributed by atoms with Crippen LogP contribution in [0.3, 0.4) is 0 Å². The fourth-order valence-electron chi connectivity index (χ4n) is 3.10. The maximum absolute atomic E-state index is 12.4. The Morgan fingerprint density at radius 2 is 1.88 bits per heavy atom. The smallest absolute Gasteiger partial charge is 0.260 e. The van der Waals surface area contributed by atoms with Gasteiger partial charge >= 0.3 is 0 Å². The van der Waals surface area contributed by atoms with E-state index in [0.29, 0.717) is 19.0 Å². The molecule has 5 heteroatoms. The van der Waals surface area contributed by atoms with Crippen LogP contribution in [0.25, 0.3) is 0 Å². The molecule has 1 saturated heterocycles. The van der Waals surface area contributed by atoms with E-state index in [-0.39, 0.29) is 24.3 Å². The first-order valence-corrected chi connectivity index (χ1v) is 9.02. The van der Waals surface area contributed by atoms with Crippen molar-refractivity contribution in [3.05, 3.63) is 29.3 Å². The van der Waals surface area contributed by atoms with Crippen LogP contribution in [0.15, 0.2) is 18.2 Å². The van der Waals surface area contributed by atoms with Gasteiger partial charge in [0.1, 0.15) is 5.75 Å². The van der Waals surface area contributed by atoms with Crippen LogP contribution in [0.4, 0.5) is 0 Å². The van der Waals surface area contributed by atoms with Crippen LogP contribution >= 0.6 is 0 Å². The van der Waals surface area contributed by atoms with E-state index in [9.17, 15) is 9.59 Å². The van der Waals surface area contributed by atoms with Gasteiger partial charge in [-0.15, -0.1) is 0 Å². The lowest BCUT2D eigenvalue weighted by molar-refractivity contribution is -0.140. The average Bonchev–Trinajstić information content (AvgIpc) is 2.59. The van der Waals surface area contributed by atoms with Gasteiger partial charge in [-0.1, -0.05) is 26.0 Å². The van der Waals surface area contributed by atoms with Crippen LogP contribution < -0.4 is 4.74 Å². The minimum absolute atomic E-state index is 0.00916. The minimum Gasteiger partial charge on any atom is -0.483 e. The predicted molar refractivity (Wildman–Crippen MR) is 98.8 cm³/mol. The number of hydrogen-bond donors (Lipinski definition) is 0. The van der Waals surface area contributed by atoms with E-state index in [1.165, 1.54) is 5.56 Å². The van der Waals surface area contributed by atoms with Crippen LogP contribution in [0, 0.1) is 12.8 Å². The molecule has 0 radical (unpaired) electrons. The van der Waals surface area contributed by atoms with Crippen molar-refractivity contribution in [3.8, 4) is 5.75 Å². The van der Waals surface area contributed by atoms with Gasteiger partial charge in [0, 0.05) is 33.1 Å². The van der Waals surface area contributed by atoms with Crippen LogP contribution in [-0.4, -0.2) is 55.4 Å². The second-order valence-corrected chi connectivity index (χ2v) is 7.36. The van der Waals surface area contributed by atoms with Crippen molar-refractivity contribution in [2.24, 2.45) is 5.92 Å². The van der Waals surface area contributed by atoms with Crippen LogP contribution in [-0.2, 0) is 9.59 Å². The van der Waals surface area contributed by atoms with Gasteiger partial charge in [0.2, 0.25) is 5.91 Å². The van der Waals surface area contributed by atoms with Crippen molar-refractivity contribution >= 4 is 11.8 Å². The summed E-state index contributed by atoms with van der Waals surface area (Å²) in [4.78, 5) is 27.9. The summed E-state index contributed by atoms with van der Waals surface area (Å²) in [5.41, 5.74) is 2.24. The molecule has 0 N–H and O–H groups in total. The number of rotatable bonds is 5. The van der Waals surface area contributed by atoms with Gasteiger partial charge in [0.15, 0.2) is 6.61 Å². The van der Waals surface area contributed by atoms with Gasteiger partial charge in [0.05, 0.1) is 0 Å². The molecular formula is C20H30N2O3. The highest BCUT2D eigenvalue weighted by molar-refractivity contribution is 5.80. The number of hydrogen-bond acceptors (Lipinski definition) is 3. The van der Waals surface area contributed by atoms with Gasteiger partial charge in [-0.2, -0.15) is 0 Å². The third-order valence-electron chi connectivity index (χ3n) is 4.87. The van der Waals surface area contributed by atoms with E-state index in [2.05, 4.69) is 19.9 Å². The number of aryl methyl sites for hydroxylation is 1. The quantitative estimate of drug-likeness (QED) is 0.824. The molecule has 1 aromatic rings. The molecule has 1 aromatic carbocycles. The van der Waals surface area contributed by atoms with E-state index in [1.807, 2.05) is 19.1 Å².